The van der Waals surface area contributed by atoms with Gasteiger partial charge in [-0.1, -0.05) is 0 Å². The molecule has 5 nitrogen and oxygen atoms in total. The van der Waals surface area contributed by atoms with Gasteiger partial charge in [-0.05, 0) is 6.92 Å². The third-order valence-electron chi connectivity index (χ3n) is 0.921. The molecule has 0 saturated carbocycles. The minimum absolute atomic E-state index is 0.0705. The molecule has 0 aromatic rings. The monoisotopic (exact) mass is 184 g/mol. The SMILES string of the molecule is COP(=O)(OC)OC[C@H](C)O. The highest BCUT2D eigenvalue weighted by Crippen LogP contribution is 2.47. The summed E-state index contributed by atoms with van der Waals surface area (Å²) in [6, 6.07) is 0. The third kappa shape index (κ3) is 4.50. The van der Waals surface area contributed by atoms with Gasteiger partial charge in [0.2, 0.25) is 0 Å². The fraction of sp³-hybridized carbons (Fsp3) is 1.00. The molecule has 0 amide bonds. The first-order valence-electron chi connectivity index (χ1n) is 3.08. The van der Waals surface area contributed by atoms with E-state index >= 15 is 0 Å². The zero-order valence-corrected chi connectivity index (χ0v) is 7.71. The zero-order chi connectivity index (χ0) is 8.91. The van der Waals surface area contributed by atoms with E-state index in [0.29, 0.717) is 0 Å². The minimum atomic E-state index is -3.40. The lowest BCUT2D eigenvalue weighted by molar-refractivity contribution is 0.0832. The van der Waals surface area contributed by atoms with Gasteiger partial charge in [-0.2, -0.15) is 0 Å². The molecule has 0 fully saturated rings. The Labute approximate surface area is 65.9 Å². The number of aliphatic hydroxyl groups excluding tert-OH is 1. The van der Waals surface area contributed by atoms with Crippen molar-refractivity contribution in [3.05, 3.63) is 0 Å². The van der Waals surface area contributed by atoms with Crippen molar-refractivity contribution in [3.8, 4) is 0 Å². The summed E-state index contributed by atoms with van der Waals surface area (Å²) in [4.78, 5) is 0. The Morgan fingerprint density at radius 1 is 1.45 bits per heavy atom. The van der Waals surface area contributed by atoms with Crippen molar-refractivity contribution in [1.29, 1.82) is 0 Å². The van der Waals surface area contributed by atoms with Crippen LogP contribution in [-0.2, 0) is 18.1 Å². The molecule has 1 atom stereocenters. The maximum Gasteiger partial charge on any atom is 0.474 e. The van der Waals surface area contributed by atoms with Gasteiger partial charge in [0, 0.05) is 14.2 Å². The topological polar surface area (TPSA) is 65.0 Å². The minimum Gasteiger partial charge on any atom is -0.391 e. The lowest BCUT2D eigenvalue weighted by Crippen LogP contribution is -2.10. The van der Waals surface area contributed by atoms with Crippen LogP contribution in [0.5, 0.6) is 0 Å². The smallest absolute Gasteiger partial charge is 0.391 e. The molecule has 68 valence electrons. The van der Waals surface area contributed by atoms with Crippen LogP contribution in [-0.4, -0.2) is 32.0 Å². The number of rotatable bonds is 5. The van der Waals surface area contributed by atoms with E-state index in [1.54, 1.807) is 0 Å². The highest BCUT2D eigenvalue weighted by molar-refractivity contribution is 7.48. The highest BCUT2D eigenvalue weighted by atomic mass is 31.2. The molecule has 0 heterocycles. The largest absolute Gasteiger partial charge is 0.474 e. The lowest BCUT2D eigenvalue weighted by atomic mass is 10.5. The molecule has 0 unspecified atom stereocenters. The normalized spacial score (nSPS) is 14.9. The molecule has 0 saturated heterocycles. The zero-order valence-electron chi connectivity index (χ0n) is 6.81. The predicted molar refractivity (Wildman–Crippen MR) is 39.3 cm³/mol. The number of phosphoric acid groups is 1. The molecule has 11 heavy (non-hydrogen) atoms. The molecule has 0 aromatic carbocycles. The molecule has 0 spiro atoms. The molecule has 0 aliphatic heterocycles. The van der Waals surface area contributed by atoms with Crippen LogP contribution in [0.4, 0.5) is 0 Å². The molecule has 1 N–H and O–H groups in total. The van der Waals surface area contributed by atoms with Crippen molar-refractivity contribution in [2.75, 3.05) is 20.8 Å². The van der Waals surface area contributed by atoms with Crippen molar-refractivity contribution >= 4 is 7.82 Å². The van der Waals surface area contributed by atoms with Crippen LogP contribution in [0, 0.1) is 0 Å². The first kappa shape index (κ1) is 11.1. The fourth-order valence-electron chi connectivity index (χ4n) is 0.379. The summed E-state index contributed by atoms with van der Waals surface area (Å²) in [5.41, 5.74) is 0. The van der Waals surface area contributed by atoms with Gasteiger partial charge in [0.15, 0.2) is 0 Å². The van der Waals surface area contributed by atoms with Crippen molar-refractivity contribution in [2.45, 2.75) is 13.0 Å². The standard InChI is InChI=1S/C5H13O5P/c1-5(6)4-10-11(7,8-2)9-3/h5-6H,4H2,1-3H3/t5-/m0/s1. The van der Waals surface area contributed by atoms with Gasteiger partial charge in [-0.3, -0.25) is 13.6 Å². The summed E-state index contributed by atoms with van der Waals surface area (Å²) in [5.74, 6) is 0. The summed E-state index contributed by atoms with van der Waals surface area (Å²) in [7, 11) is -0.966. The third-order valence-corrected chi connectivity index (χ3v) is 2.28. The van der Waals surface area contributed by atoms with Crippen LogP contribution < -0.4 is 0 Å². The molecule has 6 heteroatoms. The van der Waals surface area contributed by atoms with Gasteiger partial charge >= 0.3 is 7.82 Å². The van der Waals surface area contributed by atoms with Gasteiger partial charge in [0.1, 0.15) is 0 Å². The molecular weight excluding hydrogens is 171 g/mol. The molecule has 0 aromatic heterocycles. The molecule has 0 aliphatic rings. The van der Waals surface area contributed by atoms with E-state index in [1.807, 2.05) is 0 Å². The van der Waals surface area contributed by atoms with Crippen molar-refractivity contribution < 1.29 is 23.2 Å². The Bertz CT molecular complexity index is 138. The van der Waals surface area contributed by atoms with E-state index in [4.69, 9.17) is 5.11 Å². The maximum absolute atomic E-state index is 11.1. The van der Waals surface area contributed by atoms with E-state index in [-0.39, 0.29) is 6.61 Å². The number of aliphatic hydroxyl groups is 1. The van der Waals surface area contributed by atoms with Gasteiger partial charge in [0.25, 0.3) is 0 Å². The Morgan fingerprint density at radius 2 is 1.91 bits per heavy atom. The molecule has 0 rings (SSSR count). The van der Waals surface area contributed by atoms with Gasteiger partial charge < -0.3 is 5.11 Å². The second-order valence-corrected chi connectivity index (χ2v) is 3.84. The van der Waals surface area contributed by atoms with Gasteiger partial charge in [0.05, 0.1) is 12.7 Å². The summed E-state index contributed by atoms with van der Waals surface area (Å²) in [6.07, 6.45) is -0.686. The Balaban J connectivity index is 3.79. The first-order valence-corrected chi connectivity index (χ1v) is 4.54. The fourth-order valence-corrected chi connectivity index (χ4v) is 1.14. The average Bonchev–Trinajstić information content (AvgIpc) is 2.00. The van der Waals surface area contributed by atoms with E-state index in [2.05, 4.69) is 13.6 Å². The first-order chi connectivity index (χ1) is 5.04. The van der Waals surface area contributed by atoms with E-state index < -0.39 is 13.9 Å². The van der Waals surface area contributed by atoms with E-state index in [0.717, 1.165) is 0 Å². The van der Waals surface area contributed by atoms with Crippen molar-refractivity contribution in [1.82, 2.24) is 0 Å². The Morgan fingerprint density at radius 3 is 2.18 bits per heavy atom. The van der Waals surface area contributed by atoms with Crippen LogP contribution in [0.3, 0.4) is 0 Å². The quantitative estimate of drug-likeness (QED) is 0.639. The van der Waals surface area contributed by atoms with E-state index in [9.17, 15) is 4.57 Å². The summed E-state index contributed by atoms with van der Waals surface area (Å²) in [5, 5.41) is 8.75. The van der Waals surface area contributed by atoms with Gasteiger partial charge in [-0.25, -0.2) is 4.57 Å². The summed E-state index contributed by atoms with van der Waals surface area (Å²) in [6.45, 7) is 1.44. The Kier molecular flexibility index (Phi) is 4.88. The second-order valence-electron chi connectivity index (χ2n) is 1.96. The predicted octanol–water partition coefficient (Wildman–Crippen LogP) is 0.785. The lowest BCUT2D eigenvalue weighted by Gasteiger charge is -2.13. The average molecular weight is 184 g/mol. The summed E-state index contributed by atoms with van der Waals surface area (Å²) >= 11 is 0. The van der Waals surface area contributed by atoms with Crippen LogP contribution in [0.25, 0.3) is 0 Å². The molecule has 0 aliphatic carbocycles. The van der Waals surface area contributed by atoms with Crippen molar-refractivity contribution in [2.24, 2.45) is 0 Å². The van der Waals surface area contributed by atoms with Crippen LogP contribution in [0.2, 0.25) is 0 Å². The number of hydrogen-bond acceptors (Lipinski definition) is 5. The molecule has 0 bridgehead atoms. The molecule has 0 radical (unpaired) electrons. The van der Waals surface area contributed by atoms with Crippen molar-refractivity contribution in [3.63, 3.8) is 0 Å². The van der Waals surface area contributed by atoms with Crippen LogP contribution >= 0.6 is 7.82 Å². The molecular formula is C5H13O5P. The summed E-state index contributed by atoms with van der Waals surface area (Å²) < 4.78 is 24.6. The number of phosphoric ester groups is 1. The Hall–Kier alpha value is 0.0700. The van der Waals surface area contributed by atoms with E-state index in [1.165, 1.54) is 21.1 Å². The van der Waals surface area contributed by atoms with Crippen LogP contribution in [0.15, 0.2) is 0 Å². The van der Waals surface area contributed by atoms with Gasteiger partial charge in [-0.15, -0.1) is 0 Å². The maximum atomic E-state index is 11.1. The van der Waals surface area contributed by atoms with Crippen LogP contribution in [0.1, 0.15) is 6.92 Å². The number of hydrogen-bond donors (Lipinski definition) is 1. The highest BCUT2D eigenvalue weighted by Gasteiger charge is 2.22. The second kappa shape index (κ2) is 4.85.